The van der Waals surface area contributed by atoms with Crippen LogP contribution in [0.4, 0.5) is 0 Å². The Labute approximate surface area is 168 Å². The molecule has 1 spiro atoms. The molecule has 0 bridgehead atoms. The Morgan fingerprint density at radius 2 is 1.83 bits per heavy atom. The molecule has 4 amide bonds. The molecular formula is C21H24N4O4. The van der Waals surface area contributed by atoms with Gasteiger partial charge in [-0.2, -0.15) is 0 Å². The molecule has 3 heterocycles. The Hall–Kier alpha value is -2.58. The van der Waals surface area contributed by atoms with Gasteiger partial charge >= 0.3 is 0 Å². The van der Waals surface area contributed by atoms with Crippen molar-refractivity contribution in [2.75, 3.05) is 13.1 Å². The van der Waals surface area contributed by atoms with Crippen LogP contribution in [0.15, 0.2) is 18.2 Å². The van der Waals surface area contributed by atoms with E-state index in [0.717, 1.165) is 23.6 Å². The molecule has 0 aromatic heterocycles. The van der Waals surface area contributed by atoms with Crippen LogP contribution >= 0.6 is 0 Å². The second kappa shape index (κ2) is 6.74. The van der Waals surface area contributed by atoms with Crippen molar-refractivity contribution in [1.82, 2.24) is 20.9 Å². The van der Waals surface area contributed by atoms with Crippen molar-refractivity contribution >= 4 is 23.6 Å². The highest BCUT2D eigenvalue weighted by molar-refractivity contribution is 6.23. The van der Waals surface area contributed by atoms with E-state index in [4.69, 9.17) is 0 Å². The second-order valence-corrected chi connectivity index (χ2v) is 8.58. The SMILES string of the molecule is O=C1CCC(N2C(=O)c3ccc(CNC4CC45CCNCC5)cc3C2=O)C(=O)N1. The number of hydrogen-bond acceptors (Lipinski definition) is 6. The van der Waals surface area contributed by atoms with E-state index in [9.17, 15) is 19.2 Å². The number of benzene rings is 1. The first-order chi connectivity index (χ1) is 14.0. The average molecular weight is 396 g/mol. The van der Waals surface area contributed by atoms with Crippen LogP contribution in [0.1, 0.15) is 58.4 Å². The van der Waals surface area contributed by atoms with E-state index in [1.54, 1.807) is 12.1 Å². The van der Waals surface area contributed by atoms with Crippen LogP contribution in [0.5, 0.6) is 0 Å². The number of nitrogens with zero attached hydrogens (tertiary/aromatic N) is 1. The van der Waals surface area contributed by atoms with Crippen molar-refractivity contribution in [2.24, 2.45) is 5.41 Å². The highest BCUT2D eigenvalue weighted by Crippen LogP contribution is 2.52. The number of amides is 4. The fourth-order valence-corrected chi connectivity index (χ4v) is 4.98. The van der Waals surface area contributed by atoms with Gasteiger partial charge in [-0.05, 0) is 61.9 Å². The van der Waals surface area contributed by atoms with E-state index >= 15 is 0 Å². The summed E-state index contributed by atoms with van der Waals surface area (Å²) in [5, 5.41) is 9.21. The molecule has 0 radical (unpaired) electrons. The molecule has 2 atom stereocenters. The van der Waals surface area contributed by atoms with Crippen LogP contribution in [0.25, 0.3) is 0 Å². The Balaban J connectivity index is 1.28. The van der Waals surface area contributed by atoms with Gasteiger partial charge in [0, 0.05) is 19.0 Å². The van der Waals surface area contributed by atoms with Gasteiger partial charge in [0.05, 0.1) is 11.1 Å². The maximum Gasteiger partial charge on any atom is 0.262 e. The third kappa shape index (κ3) is 3.07. The lowest BCUT2D eigenvalue weighted by molar-refractivity contribution is -0.136. The third-order valence-corrected chi connectivity index (χ3v) is 6.85. The van der Waals surface area contributed by atoms with Crippen molar-refractivity contribution in [3.63, 3.8) is 0 Å². The molecule has 5 rings (SSSR count). The summed E-state index contributed by atoms with van der Waals surface area (Å²) >= 11 is 0. The van der Waals surface area contributed by atoms with Crippen LogP contribution in [0.2, 0.25) is 0 Å². The fraction of sp³-hybridized carbons (Fsp3) is 0.524. The minimum Gasteiger partial charge on any atom is -0.317 e. The largest absolute Gasteiger partial charge is 0.317 e. The van der Waals surface area contributed by atoms with E-state index in [1.165, 1.54) is 19.3 Å². The minimum absolute atomic E-state index is 0.123. The van der Waals surface area contributed by atoms with Crippen LogP contribution in [0.3, 0.4) is 0 Å². The Morgan fingerprint density at radius 3 is 2.59 bits per heavy atom. The third-order valence-electron chi connectivity index (χ3n) is 6.85. The Kier molecular flexibility index (Phi) is 4.29. The minimum atomic E-state index is -0.923. The highest BCUT2D eigenvalue weighted by Gasteiger charge is 2.53. The van der Waals surface area contributed by atoms with Crippen molar-refractivity contribution in [1.29, 1.82) is 0 Å². The van der Waals surface area contributed by atoms with Gasteiger partial charge in [0.25, 0.3) is 11.8 Å². The zero-order chi connectivity index (χ0) is 20.2. The summed E-state index contributed by atoms with van der Waals surface area (Å²) in [5.41, 5.74) is 2.04. The summed E-state index contributed by atoms with van der Waals surface area (Å²) in [6.07, 6.45) is 3.88. The fourth-order valence-electron chi connectivity index (χ4n) is 4.98. The van der Waals surface area contributed by atoms with Crippen LogP contribution < -0.4 is 16.0 Å². The number of fused-ring (bicyclic) bond motifs is 1. The Morgan fingerprint density at radius 1 is 1.07 bits per heavy atom. The molecule has 1 aliphatic carbocycles. The van der Waals surface area contributed by atoms with E-state index in [0.29, 0.717) is 29.1 Å². The summed E-state index contributed by atoms with van der Waals surface area (Å²) in [6.45, 7) is 2.79. The van der Waals surface area contributed by atoms with E-state index in [2.05, 4.69) is 16.0 Å². The summed E-state index contributed by atoms with van der Waals surface area (Å²) in [7, 11) is 0. The second-order valence-electron chi connectivity index (χ2n) is 8.58. The monoisotopic (exact) mass is 396 g/mol. The molecule has 1 saturated carbocycles. The van der Waals surface area contributed by atoms with E-state index in [-0.39, 0.29) is 18.7 Å². The maximum absolute atomic E-state index is 12.9. The molecule has 3 N–H and O–H groups in total. The topological polar surface area (TPSA) is 108 Å². The van der Waals surface area contributed by atoms with Crippen LogP contribution in [0, 0.1) is 5.41 Å². The maximum atomic E-state index is 12.9. The lowest BCUT2D eigenvalue weighted by Crippen LogP contribution is -2.54. The van der Waals surface area contributed by atoms with Gasteiger partial charge in [0.15, 0.2) is 0 Å². The molecule has 2 unspecified atom stereocenters. The van der Waals surface area contributed by atoms with Crippen molar-refractivity contribution in [3.05, 3.63) is 34.9 Å². The molecule has 2 saturated heterocycles. The average Bonchev–Trinajstić information content (AvgIpc) is 3.32. The number of nitrogens with one attached hydrogen (secondary N) is 3. The van der Waals surface area contributed by atoms with Gasteiger partial charge in [-0.15, -0.1) is 0 Å². The molecule has 4 aliphatic rings. The van der Waals surface area contributed by atoms with Crippen molar-refractivity contribution in [2.45, 2.75) is 50.7 Å². The highest BCUT2D eigenvalue weighted by atomic mass is 16.2. The zero-order valence-electron chi connectivity index (χ0n) is 16.1. The van der Waals surface area contributed by atoms with E-state index in [1.807, 2.05) is 6.07 Å². The van der Waals surface area contributed by atoms with Crippen molar-refractivity contribution < 1.29 is 19.2 Å². The molecule has 3 fully saturated rings. The quantitative estimate of drug-likeness (QED) is 0.633. The zero-order valence-corrected chi connectivity index (χ0v) is 16.1. The molecule has 1 aromatic rings. The first-order valence-electron chi connectivity index (χ1n) is 10.3. The van der Waals surface area contributed by atoms with E-state index < -0.39 is 23.8 Å². The molecule has 3 aliphatic heterocycles. The predicted octanol–water partition coefficient (Wildman–Crippen LogP) is 0.320. The first-order valence-corrected chi connectivity index (χ1v) is 10.3. The van der Waals surface area contributed by atoms with Gasteiger partial charge in [0.2, 0.25) is 11.8 Å². The Bertz CT molecular complexity index is 921. The van der Waals surface area contributed by atoms with Gasteiger partial charge in [-0.25, -0.2) is 0 Å². The molecule has 8 nitrogen and oxygen atoms in total. The number of hydrogen-bond donors (Lipinski definition) is 3. The number of piperidine rings is 2. The summed E-state index contributed by atoms with van der Waals surface area (Å²) in [4.78, 5) is 50.2. The summed E-state index contributed by atoms with van der Waals surface area (Å²) in [5.74, 6) is -1.88. The van der Waals surface area contributed by atoms with Crippen LogP contribution in [-0.2, 0) is 16.1 Å². The predicted molar refractivity (Wildman–Crippen MR) is 103 cm³/mol. The van der Waals surface area contributed by atoms with Gasteiger partial charge in [-0.3, -0.25) is 29.4 Å². The smallest absolute Gasteiger partial charge is 0.262 e. The number of rotatable bonds is 4. The standard InChI is InChI=1S/C21H24N4O4/c26-17-4-3-15(18(27)24-17)25-19(28)13-2-1-12(9-14(13)20(25)29)11-23-16-10-21(16)5-7-22-8-6-21/h1-2,9,15-16,22-23H,3-8,10-11H2,(H,24,26,27). The lowest BCUT2D eigenvalue weighted by atomic mass is 9.94. The van der Waals surface area contributed by atoms with Crippen LogP contribution in [-0.4, -0.2) is 53.7 Å². The van der Waals surface area contributed by atoms with Gasteiger partial charge < -0.3 is 10.6 Å². The first kappa shape index (κ1) is 18.4. The molecular weight excluding hydrogens is 372 g/mol. The van der Waals surface area contributed by atoms with Gasteiger partial charge in [-0.1, -0.05) is 6.07 Å². The number of carbonyl (C=O) groups excluding carboxylic acids is 4. The normalized spacial score (nSPS) is 27.9. The summed E-state index contributed by atoms with van der Waals surface area (Å²) in [6, 6.07) is 4.88. The van der Waals surface area contributed by atoms with Crippen molar-refractivity contribution in [3.8, 4) is 0 Å². The van der Waals surface area contributed by atoms with Gasteiger partial charge in [0.1, 0.15) is 6.04 Å². The summed E-state index contributed by atoms with van der Waals surface area (Å²) < 4.78 is 0. The molecule has 8 heteroatoms. The number of carbonyl (C=O) groups is 4. The molecule has 1 aromatic carbocycles. The number of imide groups is 2. The lowest BCUT2D eigenvalue weighted by Gasteiger charge is -2.27. The molecule has 152 valence electrons. The molecule has 29 heavy (non-hydrogen) atoms.